The second kappa shape index (κ2) is 12.1. The first-order valence-corrected chi connectivity index (χ1v) is 11.6. The van der Waals surface area contributed by atoms with Crippen molar-refractivity contribution in [3.63, 3.8) is 0 Å². The Hall–Kier alpha value is -2.04. The minimum absolute atomic E-state index is 0.0927. The Labute approximate surface area is 189 Å². The van der Waals surface area contributed by atoms with E-state index in [0.29, 0.717) is 5.92 Å². The van der Waals surface area contributed by atoms with Gasteiger partial charge in [-0.05, 0) is 71.9 Å². The van der Waals surface area contributed by atoms with E-state index >= 15 is 0 Å². The molecule has 31 heavy (non-hydrogen) atoms. The summed E-state index contributed by atoms with van der Waals surface area (Å²) in [5.41, 5.74) is 3.04. The zero-order valence-corrected chi connectivity index (χ0v) is 21.0. The first kappa shape index (κ1) is 27.0. The maximum absolute atomic E-state index is 12.7. The second-order valence-corrected chi connectivity index (χ2v) is 9.87. The number of alkyl carbamates (subject to hydrolysis) is 1. The van der Waals surface area contributed by atoms with E-state index in [9.17, 15) is 9.59 Å². The highest BCUT2D eigenvalue weighted by Gasteiger charge is 2.31. The summed E-state index contributed by atoms with van der Waals surface area (Å²) in [4.78, 5) is 24.7. The lowest BCUT2D eigenvalue weighted by atomic mass is 9.78. The quantitative estimate of drug-likeness (QED) is 0.340. The third-order valence-corrected chi connectivity index (χ3v) is 5.56. The van der Waals surface area contributed by atoms with Gasteiger partial charge in [-0.3, -0.25) is 0 Å². The van der Waals surface area contributed by atoms with Gasteiger partial charge in [0.2, 0.25) is 0 Å². The molecule has 0 spiro atoms. The van der Waals surface area contributed by atoms with Crippen molar-refractivity contribution in [2.24, 2.45) is 5.92 Å². The van der Waals surface area contributed by atoms with Gasteiger partial charge in [-0.2, -0.15) is 0 Å². The first-order valence-electron chi connectivity index (χ1n) is 11.6. The summed E-state index contributed by atoms with van der Waals surface area (Å²) in [6.07, 6.45) is 3.70. The molecular weight excluding hydrogens is 390 g/mol. The van der Waals surface area contributed by atoms with Crippen molar-refractivity contribution in [1.82, 2.24) is 5.32 Å². The average Bonchev–Trinajstić information content (AvgIpc) is 2.62. The van der Waals surface area contributed by atoms with Crippen LogP contribution >= 0.6 is 0 Å². The van der Waals surface area contributed by atoms with Crippen molar-refractivity contribution in [3.05, 3.63) is 34.9 Å². The van der Waals surface area contributed by atoms with E-state index in [-0.39, 0.29) is 12.0 Å². The Morgan fingerprint density at radius 3 is 2.26 bits per heavy atom. The van der Waals surface area contributed by atoms with Gasteiger partial charge >= 0.3 is 12.1 Å². The minimum atomic E-state index is -0.785. The number of aryl methyl sites for hydroxylation is 2. The van der Waals surface area contributed by atoms with E-state index in [1.807, 2.05) is 6.92 Å². The second-order valence-electron chi connectivity index (χ2n) is 9.87. The number of hydrogen-bond donors (Lipinski definition) is 1. The molecule has 0 aliphatic heterocycles. The maximum atomic E-state index is 12.7. The van der Waals surface area contributed by atoms with Crippen molar-refractivity contribution < 1.29 is 19.1 Å². The number of esters is 1. The Kier molecular flexibility index (Phi) is 10.5. The third kappa shape index (κ3) is 9.32. The van der Waals surface area contributed by atoms with Crippen LogP contribution in [0, 0.1) is 19.8 Å². The van der Waals surface area contributed by atoms with E-state index in [4.69, 9.17) is 9.47 Å². The normalized spacial score (nSPS) is 15.5. The van der Waals surface area contributed by atoms with Crippen LogP contribution in [0.15, 0.2) is 18.2 Å². The first-order chi connectivity index (χ1) is 14.4. The van der Waals surface area contributed by atoms with Gasteiger partial charge in [-0.25, -0.2) is 9.59 Å². The lowest BCUT2D eigenvalue weighted by Crippen LogP contribution is -2.43. The predicted molar refractivity (Wildman–Crippen MR) is 126 cm³/mol. The largest absolute Gasteiger partial charge is 0.460 e. The summed E-state index contributed by atoms with van der Waals surface area (Å²) in [5.74, 6) is 0.00823. The molecule has 5 nitrogen and oxygen atoms in total. The number of rotatable bonds is 10. The third-order valence-electron chi connectivity index (χ3n) is 5.56. The Bertz CT molecular complexity index is 723. The molecule has 1 unspecified atom stereocenters. The topological polar surface area (TPSA) is 64.6 Å². The van der Waals surface area contributed by atoms with Crippen molar-refractivity contribution in [3.8, 4) is 0 Å². The van der Waals surface area contributed by atoms with Crippen LogP contribution < -0.4 is 5.32 Å². The van der Waals surface area contributed by atoms with Gasteiger partial charge in [-0.15, -0.1) is 0 Å². The van der Waals surface area contributed by atoms with Gasteiger partial charge in [0, 0.05) is 5.92 Å². The molecule has 1 N–H and O–H groups in total. The summed E-state index contributed by atoms with van der Waals surface area (Å²) in [5, 5.41) is 2.57. The van der Waals surface area contributed by atoms with Gasteiger partial charge in [0.05, 0.1) is 0 Å². The zero-order valence-electron chi connectivity index (χ0n) is 21.0. The van der Waals surface area contributed by atoms with Crippen LogP contribution in [0.2, 0.25) is 0 Å². The summed E-state index contributed by atoms with van der Waals surface area (Å²) < 4.78 is 11.1. The number of unbranched alkanes of at least 4 members (excludes halogenated alkanes) is 2. The molecule has 0 saturated heterocycles. The van der Waals surface area contributed by atoms with Gasteiger partial charge in [-0.1, -0.05) is 56.9 Å². The van der Waals surface area contributed by atoms with Gasteiger partial charge in [0.15, 0.2) is 0 Å². The fourth-order valence-corrected chi connectivity index (χ4v) is 4.02. The van der Waals surface area contributed by atoms with E-state index in [1.54, 1.807) is 27.7 Å². The van der Waals surface area contributed by atoms with Crippen molar-refractivity contribution >= 4 is 12.1 Å². The molecule has 176 valence electrons. The van der Waals surface area contributed by atoms with Gasteiger partial charge in [0.25, 0.3) is 0 Å². The molecule has 1 rings (SSSR count). The van der Waals surface area contributed by atoms with E-state index < -0.39 is 23.7 Å². The summed E-state index contributed by atoms with van der Waals surface area (Å²) in [7, 11) is 0. The molecule has 0 aliphatic rings. The molecule has 1 aromatic carbocycles. The molecule has 4 atom stereocenters. The Balaban J connectivity index is 2.94. The minimum Gasteiger partial charge on any atom is -0.460 e. The molecule has 1 aromatic rings. The molecule has 0 radical (unpaired) electrons. The molecule has 0 heterocycles. The molecule has 0 aliphatic carbocycles. The highest BCUT2D eigenvalue weighted by molar-refractivity contribution is 5.81. The lowest BCUT2D eigenvalue weighted by molar-refractivity contribution is -0.152. The lowest BCUT2D eigenvalue weighted by Gasteiger charge is -2.32. The standard InChI is InChI=1S/C26H43NO4/c1-10-11-12-13-18(3)23(22-15-14-17(2)16-19(22)4)21(6)30-24(28)20(5)27-25(29)31-26(7,8)9/h14-16,18,20-21,23H,10-13H2,1-9H3,(H,27,29)/t18?,20-,21-,23-/m0/s1. The summed E-state index contributed by atoms with van der Waals surface area (Å²) >= 11 is 0. The summed E-state index contributed by atoms with van der Waals surface area (Å²) in [6.45, 7) is 17.6. The number of carbonyl (C=O) groups is 2. The molecule has 0 bridgehead atoms. The van der Waals surface area contributed by atoms with Crippen LogP contribution in [-0.2, 0) is 14.3 Å². The fraction of sp³-hybridized carbons (Fsp3) is 0.692. The van der Waals surface area contributed by atoms with Crippen LogP contribution in [0.25, 0.3) is 0 Å². The van der Waals surface area contributed by atoms with Crippen molar-refractivity contribution in [1.29, 1.82) is 0 Å². The van der Waals surface area contributed by atoms with E-state index in [0.717, 1.165) is 12.8 Å². The highest BCUT2D eigenvalue weighted by Crippen LogP contribution is 2.35. The van der Waals surface area contributed by atoms with Crippen LogP contribution in [-0.4, -0.2) is 29.8 Å². The SMILES string of the molecule is CCCCCC(C)[C@H](c1ccc(C)cc1C)[C@H](C)OC(=O)[C@H](C)NC(=O)OC(C)(C)C. The molecule has 5 heteroatoms. The molecule has 0 fully saturated rings. The number of benzene rings is 1. The highest BCUT2D eigenvalue weighted by atomic mass is 16.6. The Morgan fingerprint density at radius 2 is 1.71 bits per heavy atom. The van der Waals surface area contributed by atoms with Crippen LogP contribution in [0.5, 0.6) is 0 Å². The maximum Gasteiger partial charge on any atom is 0.408 e. The number of amides is 1. The molecule has 1 amide bonds. The predicted octanol–water partition coefficient (Wildman–Crippen LogP) is 6.45. The Morgan fingerprint density at radius 1 is 1.06 bits per heavy atom. The smallest absolute Gasteiger partial charge is 0.408 e. The van der Waals surface area contributed by atoms with Crippen LogP contribution in [0.4, 0.5) is 4.79 Å². The number of hydrogen-bond acceptors (Lipinski definition) is 4. The van der Waals surface area contributed by atoms with E-state index in [2.05, 4.69) is 51.2 Å². The van der Waals surface area contributed by atoms with E-state index in [1.165, 1.54) is 29.5 Å². The molecule has 0 saturated carbocycles. The summed E-state index contributed by atoms with van der Waals surface area (Å²) in [6, 6.07) is 5.68. The van der Waals surface area contributed by atoms with Crippen molar-refractivity contribution in [2.45, 2.75) is 112 Å². The van der Waals surface area contributed by atoms with Gasteiger partial charge < -0.3 is 14.8 Å². The molecule has 0 aromatic heterocycles. The van der Waals surface area contributed by atoms with Gasteiger partial charge in [0.1, 0.15) is 17.7 Å². The monoisotopic (exact) mass is 433 g/mol. The average molecular weight is 434 g/mol. The zero-order chi connectivity index (χ0) is 23.8. The number of nitrogens with one attached hydrogen (secondary N) is 1. The van der Waals surface area contributed by atoms with Crippen LogP contribution in [0.3, 0.4) is 0 Å². The van der Waals surface area contributed by atoms with Crippen molar-refractivity contribution in [2.75, 3.05) is 0 Å². The van der Waals surface area contributed by atoms with Crippen LogP contribution in [0.1, 0.15) is 96.8 Å². The molecular formula is C26H43NO4. The number of ether oxygens (including phenoxy) is 2. The fourth-order valence-electron chi connectivity index (χ4n) is 4.02. The number of carbonyl (C=O) groups excluding carboxylic acids is 2.